The molecular weight excluding hydrogens is 272 g/mol. The van der Waals surface area contributed by atoms with Gasteiger partial charge in [0.1, 0.15) is 0 Å². The van der Waals surface area contributed by atoms with Crippen molar-refractivity contribution < 1.29 is 19.4 Å². The largest absolute Gasteiger partial charge is 0.481 e. The number of hydrogen-bond acceptors (Lipinski definition) is 3. The molecule has 2 atom stereocenters. The van der Waals surface area contributed by atoms with E-state index in [-0.39, 0.29) is 24.0 Å². The first kappa shape index (κ1) is 16.1. The summed E-state index contributed by atoms with van der Waals surface area (Å²) in [6.45, 7) is 4.71. The second-order valence-corrected chi connectivity index (χ2v) is 6.51. The lowest BCUT2D eigenvalue weighted by atomic mass is 9.93. The molecule has 0 bridgehead atoms. The fourth-order valence-corrected chi connectivity index (χ4v) is 3.39. The number of piperidine rings is 2. The zero-order chi connectivity index (χ0) is 15.5. The summed E-state index contributed by atoms with van der Waals surface area (Å²) in [5.74, 6) is -0.696. The number of aliphatic carboxylic acids is 1. The summed E-state index contributed by atoms with van der Waals surface area (Å²) in [6.07, 6.45) is 3.85. The molecule has 2 rings (SSSR count). The van der Waals surface area contributed by atoms with Crippen LogP contribution in [0, 0.1) is 5.92 Å². The summed E-state index contributed by atoms with van der Waals surface area (Å²) < 4.78 is 5.53. The molecule has 0 aromatic rings. The SMILES string of the molecule is COC1(C)CCCN(C(=O)N2CCCC(CC(=O)O)C2)C1. The minimum Gasteiger partial charge on any atom is -0.481 e. The summed E-state index contributed by atoms with van der Waals surface area (Å²) >= 11 is 0. The fraction of sp³-hybridized carbons (Fsp3) is 0.867. The van der Waals surface area contributed by atoms with Crippen LogP contribution in [0.15, 0.2) is 0 Å². The van der Waals surface area contributed by atoms with Gasteiger partial charge >= 0.3 is 12.0 Å². The summed E-state index contributed by atoms with van der Waals surface area (Å²) in [6, 6.07) is 0.0352. The Morgan fingerprint density at radius 1 is 1.29 bits per heavy atom. The van der Waals surface area contributed by atoms with Crippen LogP contribution in [0.2, 0.25) is 0 Å². The van der Waals surface area contributed by atoms with Crippen molar-refractivity contribution >= 4 is 12.0 Å². The molecule has 0 aromatic carbocycles. The smallest absolute Gasteiger partial charge is 0.320 e. The Bertz CT molecular complexity index is 401. The third-order valence-corrected chi connectivity index (χ3v) is 4.68. The summed E-state index contributed by atoms with van der Waals surface area (Å²) in [4.78, 5) is 27.2. The van der Waals surface area contributed by atoms with Gasteiger partial charge in [0.05, 0.1) is 12.1 Å². The molecule has 2 amide bonds. The van der Waals surface area contributed by atoms with E-state index in [1.54, 1.807) is 7.11 Å². The van der Waals surface area contributed by atoms with Gasteiger partial charge in [0, 0.05) is 33.2 Å². The molecule has 120 valence electrons. The molecule has 2 fully saturated rings. The van der Waals surface area contributed by atoms with E-state index in [2.05, 4.69) is 0 Å². The van der Waals surface area contributed by atoms with Gasteiger partial charge in [-0.3, -0.25) is 4.79 Å². The Balaban J connectivity index is 1.94. The number of likely N-dealkylation sites (tertiary alicyclic amines) is 2. The first-order chi connectivity index (χ1) is 9.93. The van der Waals surface area contributed by atoms with Crippen LogP contribution in [0.25, 0.3) is 0 Å². The van der Waals surface area contributed by atoms with Crippen LogP contribution in [-0.4, -0.2) is 65.8 Å². The van der Waals surface area contributed by atoms with Crippen LogP contribution in [0.4, 0.5) is 4.79 Å². The first-order valence-corrected chi connectivity index (χ1v) is 7.74. The quantitative estimate of drug-likeness (QED) is 0.862. The third kappa shape index (κ3) is 4.09. The van der Waals surface area contributed by atoms with E-state index in [0.717, 1.165) is 38.8 Å². The van der Waals surface area contributed by atoms with E-state index in [4.69, 9.17) is 9.84 Å². The lowest BCUT2D eigenvalue weighted by Gasteiger charge is -2.42. The molecule has 0 spiro atoms. The van der Waals surface area contributed by atoms with Gasteiger partial charge in [0.2, 0.25) is 0 Å². The number of methoxy groups -OCH3 is 1. The van der Waals surface area contributed by atoms with Crippen molar-refractivity contribution in [2.75, 3.05) is 33.3 Å². The highest BCUT2D eigenvalue weighted by Gasteiger charge is 2.36. The van der Waals surface area contributed by atoms with Crippen molar-refractivity contribution in [3.63, 3.8) is 0 Å². The van der Waals surface area contributed by atoms with Crippen LogP contribution in [0.1, 0.15) is 39.0 Å². The molecule has 6 heteroatoms. The number of ether oxygens (including phenoxy) is 1. The van der Waals surface area contributed by atoms with E-state index in [9.17, 15) is 9.59 Å². The molecule has 2 heterocycles. The summed E-state index contributed by atoms with van der Waals surface area (Å²) in [5, 5.41) is 8.91. The minimum atomic E-state index is -0.778. The number of carbonyl (C=O) groups excluding carboxylic acids is 1. The maximum Gasteiger partial charge on any atom is 0.320 e. The zero-order valence-electron chi connectivity index (χ0n) is 13.0. The van der Waals surface area contributed by atoms with Crippen molar-refractivity contribution in [1.29, 1.82) is 0 Å². The molecule has 2 aliphatic rings. The number of rotatable bonds is 3. The molecule has 21 heavy (non-hydrogen) atoms. The highest BCUT2D eigenvalue weighted by molar-refractivity contribution is 5.75. The number of urea groups is 1. The van der Waals surface area contributed by atoms with Crippen LogP contribution in [0.3, 0.4) is 0 Å². The molecule has 1 N–H and O–H groups in total. The van der Waals surface area contributed by atoms with Crippen molar-refractivity contribution in [1.82, 2.24) is 9.80 Å². The maximum absolute atomic E-state index is 12.6. The molecule has 2 saturated heterocycles. The topological polar surface area (TPSA) is 70.1 Å². The van der Waals surface area contributed by atoms with E-state index in [1.807, 2.05) is 16.7 Å². The average molecular weight is 298 g/mol. The normalized spacial score (nSPS) is 30.3. The molecule has 0 aliphatic carbocycles. The third-order valence-electron chi connectivity index (χ3n) is 4.68. The molecular formula is C15H26N2O4. The van der Waals surface area contributed by atoms with Gasteiger partial charge in [0.25, 0.3) is 0 Å². The Hall–Kier alpha value is -1.30. The van der Waals surface area contributed by atoms with E-state index in [0.29, 0.717) is 13.1 Å². The molecule has 2 aliphatic heterocycles. The van der Waals surface area contributed by atoms with Gasteiger partial charge in [-0.05, 0) is 38.5 Å². The fourth-order valence-electron chi connectivity index (χ4n) is 3.39. The van der Waals surface area contributed by atoms with Crippen molar-refractivity contribution in [2.24, 2.45) is 5.92 Å². The van der Waals surface area contributed by atoms with E-state index >= 15 is 0 Å². The Morgan fingerprint density at radius 3 is 2.67 bits per heavy atom. The number of carboxylic acids is 1. The Labute approximate surface area is 126 Å². The second-order valence-electron chi connectivity index (χ2n) is 6.51. The van der Waals surface area contributed by atoms with Crippen molar-refractivity contribution in [2.45, 2.75) is 44.6 Å². The Kier molecular flexibility index (Phi) is 5.08. The first-order valence-electron chi connectivity index (χ1n) is 7.74. The van der Waals surface area contributed by atoms with Gasteiger partial charge in [-0.1, -0.05) is 0 Å². The van der Waals surface area contributed by atoms with Crippen LogP contribution >= 0.6 is 0 Å². The summed E-state index contributed by atoms with van der Waals surface area (Å²) in [5.41, 5.74) is -0.260. The average Bonchev–Trinajstić information content (AvgIpc) is 2.46. The molecule has 0 saturated carbocycles. The molecule has 0 aromatic heterocycles. The zero-order valence-corrected chi connectivity index (χ0v) is 13.0. The second kappa shape index (κ2) is 6.64. The standard InChI is InChI=1S/C15H26N2O4/c1-15(21-2)6-4-8-17(11-15)14(20)16-7-3-5-12(10-16)9-13(18)19/h12H,3-11H2,1-2H3,(H,18,19). The monoisotopic (exact) mass is 298 g/mol. The number of amides is 2. The van der Waals surface area contributed by atoms with Crippen LogP contribution in [-0.2, 0) is 9.53 Å². The van der Waals surface area contributed by atoms with Gasteiger partial charge in [-0.2, -0.15) is 0 Å². The lowest BCUT2D eigenvalue weighted by Crippen LogP contribution is -2.55. The molecule has 2 unspecified atom stereocenters. The highest BCUT2D eigenvalue weighted by Crippen LogP contribution is 2.26. The van der Waals surface area contributed by atoms with E-state index in [1.165, 1.54) is 0 Å². The predicted molar refractivity (Wildman–Crippen MR) is 78.2 cm³/mol. The highest BCUT2D eigenvalue weighted by atomic mass is 16.5. The lowest BCUT2D eigenvalue weighted by molar-refractivity contribution is -0.138. The predicted octanol–water partition coefficient (Wildman–Crippen LogP) is 1.79. The van der Waals surface area contributed by atoms with Crippen molar-refractivity contribution in [3.05, 3.63) is 0 Å². The molecule has 0 radical (unpaired) electrons. The van der Waals surface area contributed by atoms with Gasteiger partial charge < -0.3 is 19.6 Å². The van der Waals surface area contributed by atoms with Crippen LogP contribution < -0.4 is 0 Å². The maximum atomic E-state index is 12.6. The van der Waals surface area contributed by atoms with Crippen LogP contribution in [0.5, 0.6) is 0 Å². The minimum absolute atomic E-state index is 0.0352. The van der Waals surface area contributed by atoms with Gasteiger partial charge in [0.15, 0.2) is 0 Å². The Morgan fingerprint density at radius 2 is 2.00 bits per heavy atom. The number of carbonyl (C=O) groups is 2. The number of carboxylic acid groups (broad SMARTS) is 1. The van der Waals surface area contributed by atoms with E-state index < -0.39 is 5.97 Å². The summed E-state index contributed by atoms with van der Waals surface area (Å²) in [7, 11) is 1.69. The van der Waals surface area contributed by atoms with Gasteiger partial charge in [-0.15, -0.1) is 0 Å². The molecule has 6 nitrogen and oxygen atoms in total. The number of hydrogen-bond donors (Lipinski definition) is 1. The van der Waals surface area contributed by atoms with Crippen molar-refractivity contribution in [3.8, 4) is 0 Å². The number of nitrogens with zero attached hydrogens (tertiary/aromatic N) is 2. The van der Waals surface area contributed by atoms with Gasteiger partial charge in [-0.25, -0.2) is 4.79 Å².